The van der Waals surface area contributed by atoms with Crippen LogP contribution in [0.3, 0.4) is 0 Å². The van der Waals surface area contributed by atoms with E-state index >= 15 is 0 Å². The molecule has 0 bridgehead atoms. The van der Waals surface area contributed by atoms with Gasteiger partial charge in [-0.05, 0) is 50.4 Å². The summed E-state index contributed by atoms with van der Waals surface area (Å²) in [6.07, 6.45) is 9.63. The van der Waals surface area contributed by atoms with Gasteiger partial charge in [-0.2, -0.15) is 0 Å². The second-order valence-electron chi connectivity index (χ2n) is 8.57. The van der Waals surface area contributed by atoms with Crippen LogP contribution in [0.2, 0.25) is 0 Å². The van der Waals surface area contributed by atoms with Gasteiger partial charge in [-0.15, -0.1) is 12.4 Å². The maximum atomic E-state index is 12.3. The van der Waals surface area contributed by atoms with Crippen molar-refractivity contribution in [3.8, 4) is 11.5 Å². The first-order chi connectivity index (χ1) is 14.5. The summed E-state index contributed by atoms with van der Waals surface area (Å²) >= 11 is 0. The molecule has 0 aromatic heterocycles. The number of carbonyl (C=O) groups excluding carboxylic acids is 2. The first-order valence-electron chi connectivity index (χ1n) is 11.4. The molecule has 1 saturated heterocycles. The molecule has 0 unspecified atom stereocenters. The maximum Gasteiger partial charge on any atom is 0.325 e. The van der Waals surface area contributed by atoms with Crippen LogP contribution >= 0.6 is 12.4 Å². The number of esters is 1. The molecule has 7 heteroatoms. The van der Waals surface area contributed by atoms with E-state index in [1.807, 2.05) is 0 Å². The monoisotopic (exact) mass is 454 g/mol. The van der Waals surface area contributed by atoms with Crippen LogP contribution in [0.5, 0.6) is 11.5 Å². The zero-order chi connectivity index (χ0) is 21.8. The normalized spacial score (nSPS) is 14.1. The summed E-state index contributed by atoms with van der Waals surface area (Å²) in [6, 6.07) is 5.12. The summed E-state index contributed by atoms with van der Waals surface area (Å²) in [5, 5.41) is 2.90. The number of hydrogen-bond acceptors (Lipinski definition) is 5. The third kappa shape index (κ3) is 10.9. The molecule has 1 aliphatic heterocycles. The highest BCUT2D eigenvalue weighted by Crippen LogP contribution is 2.30. The number of amides is 1. The summed E-state index contributed by atoms with van der Waals surface area (Å²) in [6.45, 7) is 6.65. The van der Waals surface area contributed by atoms with Gasteiger partial charge in [0, 0.05) is 18.2 Å². The standard InChI is InChI=1S/C24H38N2O4.ClH/c1-19(2)11-7-4-5-8-12-23(27)25-20-13-14-21(22(17-20)29-3)30-24(28)18-26-15-9-6-10-16-26;/h13-14,17,19H,4-12,15-16,18H2,1-3H3,(H,25,27);1H. The summed E-state index contributed by atoms with van der Waals surface area (Å²) < 4.78 is 10.9. The van der Waals surface area contributed by atoms with Gasteiger partial charge in [-0.1, -0.05) is 46.0 Å². The lowest BCUT2D eigenvalue weighted by atomic mass is 10.0. The Kier molecular flexibility index (Phi) is 13.3. The van der Waals surface area contributed by atoms with E-state index in [0.717, 1.165) is 44.7 Å². The third-order valence-corrected chi connectivity index (χ3v) is 5.41. The van der Waals surface area contributed by atoms with Gasteiger partial charge in [0.2, 0.25) is 5.91 Å². The minimum atomic E-state index is -0.288. The van der Waals surface area contributed by atoms with Gasteiger partial charge >= 0.3 is 5.97 Å². The van der Waals surface area contributed by atoms with Crippen molar-refractivity contribution in [3.05, 3.63) is 18.2 Å². The quantitative estimate of drug-likeness (QED) is 0.258. The average molecular weight is 455 g/mol. The van der Waals surface area contributed by atoms with Gasteiger partial charge in [-0.3, -0.25) is 14.5 Å². The van der Waals surface area contributed by atoms with Crippen molar-refractivity contribution >= 4 is 30.0 Å². The van der Waals surface area contributed by atoms with Crippen molar-refractivity contribution in [2.75, 3.05) is 32.1 Å². The van der Waals surface area contributed by atoms with Crippen LogP contribution in [-0.4, -0.2) is 43.5 Å². The molecule has 1 aromatic carbocycles. The van der Waals surface area contributed by atoms with Crippen LogP contribution in [0, 0.1) is 5.92 Å². The Morgan fingerprint density at radius 2 is 1.74 bits per heavy atom. The van der Waals surface area contributed by atoms with Crippen LogP contribution in [-0.2, 0) is 9.59 Å². The number of likely N-dealkylation sites (tertiary alicyclic amines) is 1. The summed E-state index contributed by atoms with van der Waals surface area (Å²) in [4.78, 5) is 26.6. The molecule has 1 N–H and O–H groups in total. The van der Waals surface area contributed by atoms with E-state index in [-0.39, 0.29) is 24.3 Å². The van der Waals surface area contributed by atoms with Gasteiger partial charge in [0.25, 0.3) is 0 Å². The molecule has 1 fully saturated rings. The number of hydrogen-bond donors (Lipinski definition) is 1. The Hall–Kier alpha value is -1.79. The molecule has 1 amide bonds. The minimum absolute atomic E-state index is 0. The lowest BCUT2D eigenvalue weighted by Gasteiger charge is -2.25. The fraction of sp³-hybridized carbons (Fsp3) is 0.667. The van der Waals surface area contributed by atoms with Crippen molar-refractivity contribution in [2.45, 2.75) is 71.6 Å². The number of methoxy groups -OCH3 is 1. The molecule has 0 aliphatic carbocycles. The molecule has 1 heterocycles. The minimum Gasteiger partial charge on any atom is -0.493 e. The maximum absolute atomic E-state index is 12.3. The first kappa shape index (κ1) is 27.2. The predicted octanol–water partition coefficient (Wildman–Crippen LogP) is 5.44. The van der Waals surface area contributed by atoms with E-state index in [9.17, 15) is 9.59 Å². The smallest absolute Gasteiger partial charge is 0.325 e. The van der Waals surface area contributed by atoms with Crippen molar-refractivity contribution in [3.63, 3.8) is 0 Å². The predicted molar refractivity (Wildman–Crippen MR) is 127 cm³/mol. The Morgan fingerprint density at radius 1 is 1.03 bits per heavy atom. The number of benzene rings is 1. The zero-order valence-electron chi connectivity index (χ0n) is 19.3. The number of nitrogens with zero attached hydrogens (tertiary/aromatic N) is 1. The van der Waals surface area contributed by atoms with Crippen molar-refractivity contribution in [1.29, 1.82) is 0 Å². The highest BCUT2D eigenvalue weighted by Gasteiger charge is 2.17. The Labute approximate surface area is 193 Å². The molecule has 0 spiro atoms. The number of halogens is 1. The van der Waals surface area contributed by atoms with Gasteiger partial charge in [0.05, 0.1) is 13.7 Å². The lowest BCUT2D eigenvalue weighted by Crippen LogP contribution is -2.36. The molecule has 2 rings (SSSR count). The molecular formula is C24H39ClN2O4. The molecule has 176 valence electrons. The van der Waals surface area contributed by atoms with Gasteiger partial charge in [-0.25, -0.2) is 0 Å². The average Bonchev–Trinajstić information content (AvgIpc) is 2.72. The van der Waals surface area contributed by atoms with Crippen molar-refractivity contribution < 1.29 is 19.1 Å². The van der Waals surface area contributed by atoms with Gasteiger partial charge < -0.3 is 14.8 Å². The number of unbranched alkanes of at least 4 members (excludes halogenated alkanes) is 3. The zero-order valence-corrected chi connectivity index (χ0v) is 20.1. The molecule has 1 aliphatic rings. The highest BCUT2D eigenvalue weighted by atomic mass is 35.5. The largest absolute Gasteiger partial charge is 0.493 e. The summed E-state index contributed by atoms with van der Waals surface area (Å²) in [5.41, 5.74) is 0.646. The van der Waals surface area contributed by atoms with E-state index in [1.165, 1.54) is 32.8 Å². The SMILES string of the molecule is COc1cc(NC(=O)CCCCCCC(C)C)ccc1OC(=O)CN1CCCCC1.Cl. The van der Waals surface area contributed by atoms with Gasteiger partial charge in [0.1, 0.15) is 0 Å². The van der Waals surface area contributed by atoms with E-state index in [4.69, 9.17) is 9.47 Å². The molecule has 1 aromatic rings. The number of ether oxygens (including phenoxy) is 2. The van der Waals surface area contributed by atoms with Crippen molar-refractivity contribution in [1.82, 2.24) is 4.90 Å². The lowest BCUT2D eigenvalue weighted by molar-refractivity contribution is -0.136. The Balaban J connectivity index is 0.00000480. The van der Waals surface area contributed by atoms with E-state index in [2.05, 4.69) is 24.1 Å². The third-order valence-electron chi connectivity index (χ3n) is 5.41. The van der Waals surface area contributed by atoms with Gasteiger partial charge in [0.15, 0.2) is 11.5 Å². The summed E-state index contributed by atoms with van der Waals surface area (Å²) in [7, 11) is 1.53. The highest BCUT2D eigenvalue weighted by molar-refractivity contribution is 5.91. The Bertz CT molecular complexity index is 676. The van der Waals surface area contributed by atoms with Crippen molar-refractivity contribution in [2.24, 2.45) is 5.92 Å². The summed E-state index contributed by atoms with van der Waals surface area (Å²) in [5.74, 6) is 1.27. The number of rotatable bonds is 12. The number of anilines is 1. The van der Waals surface area contributed by atoms with E-state index in [0.29, 0.717) is 30.2 Å². The van der Waals surface area contributed by atoms with E-state index < -0.39 is 0 Å². The second kappa shape index (κ2) is 15.1. The van der Waals surface area contributed by atoms with Crippen LogP contribution in [0.4, 0.5) is 5.69 Å². The Morgan fingerprint density at radius 3 is 2.42 bits per heavy atom. The number of nitrogens with one attached hydrogen (secondary N) is 1. The molecule has 31 heavy (non-hydrogen) atoms. The number of piperidine rings is 1. The first-order valence-corrected chi connectivity index (χ1v) is 11.4. The van der Waals surface area contributed by atoms with E-state index in [1.54, 1.807) is 18.2 Å². The number of carbonyl (C=O) groups is 2. The van der Waals surface area contributed by atoms with Crippen LogP contribution in [0.25, 0.3) is 0 Å². The molecule has 0 atom stereocenters. The second-order valence-corrected chi connectivity index (χ2v) is 8.57. The van der Waals surface area contributed by atoms with Crippen LogP contribution < -0.4 is 14.8 Å². The fourth-order valence-electron chi connectivity index (χ4n) is 3.70. The molecule has 0 saturated carbocycles. The van der Waals surface area contributed by atoms with Crippen LogP contribution in [0.1, 0.15) is 71.6 Å². The molecule has 0 radical (unpaired) electrons. The fourth-order valence-corrected chi connectivity index (χ4v) is 3.70. The topological polar surface area (TPSA) is 67.9 Å². The van der Waals surface area contributed by atoms with Crippen LogP contribution in [0.15, 0.2) is 18.2 Å². The molecule has 6 nitrogen and oxygen atoms in total. The molecular weight excluding hydrogens is 416 g/mol.